The van der Waals surface area contributed by atoms with E-state index < -0.39 is 0 Å². The molecule has 0 aliphatic heterocycles. The molecule has 2 aromatic rings. The fourth-order valence-corrected chi connectivity index (χ4v) is 4.42. The Morgan fingerprint density at radius 3 is 2.48 bits per heavy atom. The first kappa shape index (κ1) is 20.5. The predicted molar refractivity (Wildman–Crippen MR) is 113 cm³/mol. The molecule has 0 aromatic heterocycles. The molecule has 0 aliphatic carbocycles. The van der Waals surface area contributed by atoms with Gasteiger partial charge in [-0.25, -0.2) is 0 Å². The number of amides is 1. The van der Waals surface area contributed by atoms with Crippen LogP contribution in [0.25, 0.3) is 0 Å². The van der Waals surface area contributed by atoms with Gasteiger partial charge in [-0.05, 0) is 23.3 Å². The molecule has 0 aliphatic rings. The lowest BCUT2D eigenvalue weighted by atomic mass is 10.2. The van der Waals surface area contributed by atoms with E-state index in [1.54, 1.807) is 29.6 Å². The Morgan fingerprint density at radius 2 is 1.72 bits per heavy atom. The second-order valence-electron chi connectivity index (χ2n) is 5.43. The number of rotatable bonds is 10. The quantitative estimate of drug-likeness (QED) is 0.508. The summed E-state index contributed by atoms with van der Waals surface area (Å²) in [6.45, 7) is 0.679. The Morgan fingerprint density at radius 1 is 0.960 bits per heavy atom. The summed E-state index contributed by atoms with van der Waals surface area (Å²) in [4.78, 5) is 11.8. The van der Waals surface area contributed by atoms with Gasteiger partial charge in [0.1, 0.15) is 0 Å². The van der Waals surface area contributed by atoms with Crippen LogP contribution in [0.1, 0.15) is 17.5 Å². The van der Waals surface area contributed by atoms with Gasteiger partial charge in [0, 0.05) is 46.0 Å². The molecule has 0 saturated heterocycles. The van der Waals surface area contributed by atoms with E-state index in [4.69, 9.17) is 23.2 Å². The number of thioether (sulfide) groups is 2. The van der Waals surface area contributed by atoms with Gasteiger partial charge in [0.05, 0.1) is 0 Å². The average molecular weight is 414 g/mol. The van der Waals surface area contributed by atoms with Gasteiger partial charge in [0.25, 0.3) is 0 Å². The maximum absolute atomic E-state index is 11.8. The third-order valence-electron chi connectivity index (χ3n) is 3.43. The molecule has 134 valence electrons. The van der Waals surface area contributed by atoms with E-state index >= 15 is 0 Å². The van der Waals surface area contributed by atoms with Gasteiger partial charge in [-0.1, -0.05) is 59.6 Å². The molecule has 2 nitrogen and oxygen atoms in total. The SMILES string of the molecule is O=C(CCSCc1ccccc1)NCCSCc1ccc(Cl)cc1Cl. The van der Waals surface area contributed by atoms with Gasteiger partial charge < -0.3 is 5.32 Å². The summed E-state index contributed by atoms with van der Waals surface area (Å²) in [6.07, 6.45) is 0.561. The highest BCUT2D eigenvalue weighted by Gasteiger charge is 2.03. The van der Waals surface area contributed by atoms with Gasteiger partial charge in [-0.2, -0.15) is 23.5 Å². The third-order valence-corrected chi connectivity index (χ3v) is 6.05. The van der Waals surface area contributed by atoms with Crippen LogP contribution in [0.2, 0.25) is 10.0 Å². The molecule has 2 aromatic carbocycles. The molecule has 0 radical (unpaired) electrons. The topological polar surface area (TPSA) is 29.1 Å². The molecule has 0 unspecified atom stereocenters. The second kappa shape index (κ2) is 11.7. The van der Waals surface area contributed by atoms with Gasteiger partial charge >= 0.3 is 0 Å². The largest absolute Gasteiger partial charge is 0.355 e. The minimum atomic E-state index is 0.116. The van der Waals surface area contributed by atoms with Crippen molar-refractivity contribution in [3.8, 4) is 0 Å². The van der Waals surface area contributed by atoms with Gasteiger partial charge in [0.15, 0.2) is 0 Å². The van der Waals surface area contributed by atoms with Crippen molar-refractivity contribution in [2.75, 3.05) is 18.1 Å². The highest BCUT2D eigenvalue weighted by molar-refractivity contribution is 7.98. The lowest BCUT2D eigenvalue weighted by molar-refractivity contribution is -0.120. The van der Waals surface area contributed by atoms with Crippen LogP contribution in [-0.4, -0.2) is 24.0 Å². The zero-order chi connectivity index (χ0) is 17.9. The van der Waals surface area contributed by atoms with Crippen LogP contribution < -0.4 is 5.32 Å². The Labute approximate surface area is 168 Å². The summed E-state index contributed by atoms with van der Waals surface area (Å²) in [7, 11) is 0. The number of benzene rings is 2. The van der Waals surface area contributed by atoms with Crippen molar-refractivity contribution in [2.24, 2.45) is 0 Å². The molecule has 6 heteroatoms. The minimum Gasteiger partial charge on any atom is -0.355 e. The van der Waals surface area contributed by atoms with E-state index in [9.17, 15) is 4.79 Å². The maximum Gasteiger partial charge on any atom is 0.220 e. The lowest BCUT2D eigenvalue weighted by Gasteiger charge is -2.07. The number of halogens is 2. The summed E-state index contributed by atoms with van der Waals surface area (Å²) in [5, 5.41) is 4.31. The maximum atomic E-state index is 11.8. The van der Waals surface area contributed by atoms with Crippen LogP contribution >= 0.6 is 46.7 Å². The normalized spacial score (nSPS) is 10.6. The number of nitrogens with one attached hydrogen (secondary N) is 1. The van der Waals surface area contributed by atoms with Crippen molar-refractivity contribution in [3.63, 3.8) is 0 Å². The molecule has 2 rings (SSSR count). The molecule has 25 heavy (non-hydrogen) atoms. The molecule has 0 atom stereocenters. The molecule has 0 heterocycles. The number of carbonyl (C=O) groups excluding carboxylic acids is 1. The fraction of sp³-hybridized carbons (Fsp3) is 0.316. The number of carbonyl (C=O) groups is 1. The molecule has 1 N–H and O–H groups in total. The second-order valence-corrected chi connectivity index (χ2v) is 8.48. The summed E-state index contributed by atoms with van der Waals surface area (Å²) >= 11 is 15.6. The van der Waals surface area contributed by atoms with E-state index in [0.29, 0.717) is 23.0 Å². The summed E-state index contributed by atoms with van der Waals surface area (Å²) in [6, 6.07) is 15.9. The smallest absolute Gasteiger partial charge is 0.220 e. The first-order chi connectivity index (χ1) is 12.1. The Kier molecular flexibility index (Phi) is 9.63. The van der Waals surface area contributed by atoms with E-state index in [1.807, 2.05) is 30.3 Å². The standard InChI is InChI=1S/C19H21Cl2NOS2/c20-17-7-6-16(18(21)12-17)14-25-11-9-22-19(23)8-10-24-13-15-4-2-1-3-5-15/h1-7,12H,8-11,13-14H2,(H,22,23). The van der Waals surface area contributed by atoms with E-state index in [2.05, 4.69) is 17.4 Å². The first-order valence-electron chi connectivity index (χ1n) is 8.05. The molecule has 0 saturated carbocycles. The van der Waals surface area contributed by atoms with Crippen LogP contribution in [0.4, 0.5) is 0 Å². The van der Waals surface area contributed by atoms with Crippen molar-refractivity contribution in [2.45, 2.75) is 17.9 Å². The molecule has 0 fully saturated rings. The molecular formula is C19H21Cl2NOS2. The van der Waals surface area contributed by atoms with Gasteiger partial charge in [-0.15, -0.1) is 0 Å². The third kappa shape index (κ3) is 8.41. The van der Waals surface area contributed by atoms with Crippen molar-refractivity contribution in [1.82, 2.24) is 5.32 Å². The fourth-order valence-electron chi connectivity index (χ4n) is 2.10. The summed E-state index contributed by atoms with van der Waals surface area (Å²) in [5.41, 5.74) is 2.37. The summed E-state index contributed by atoms with van der Waals surface area (Å²) < 4.78 is 0. The van der Waals surface area contributed by atoms with Crippen molar-refractivity contribution >= 4 is 52.6 Å². The summed E-state index contributed by atoms with van der Waals surface area (Å²) in [5.74, 6) is 3.59. The van der Waals surface area contributed by atoms with Crippen molar-refractivity contribution in [1.29, 1.82) is 0 Å². The van der Waals surface area contributed by atoms with E-state index in [1.165, 1.54) is 5.56 Å². The van der Waals surface area contributed by atoms with Crippen LogP contribution in [0.15, 0.2) is 48.5 Å². The first-order valence-corrected chi connectivity index (χ1v) is 11.1. The number of hydrogen-bond acceptors (Lipinski definition) is 3. The zero-order valence-electron chi connectivity index (χ0n) is 13.8. The minimum absolute atomic E-state index is 0.116. The Balaban J connectivity index is 1.50. The van der Waals surface area contributed by atoms with Crippen LogP contribution in [-0.2, 0) is 16.3 Å². The number of hydrogen-bond donors (Lipinski definition) is 1. The van der Waals surface area contributed by atoms with Crippen LogP contribution in [0.3, 0.4) is 0 Å². The van der Waals surface area contributed by atoms with E-state index in [-0.39, 0.29) is 5.91 Å². The van der Waals surface area contributed by atoms with Gasteiger partial charge in [0.2, 0.25) is 5.91 Å². The molecule has 0 bridgehead atoms. The lowest BCUT2D eigenvalue weighted by Crippen LogP contribution is -2.25. The van der Waals surface area contributed by atoms with Crippen LogP contribution in [0, 0.1) is 0 Å². The highest BCUT2D eigenvalue weighted by atomic mass is 35.5. The molecule has 0 spiro atoms. The van der Waals surface area contributed by atoms with Crippen molar-refractivity contribution in [3.05, 3.63) is 69.7 Å². The zero-order valence-corrected chi connectivity index (χ0v) is 17.0. The van der Waals surface area contributed by atoms with Crippen LogP contribution in [0.5, 0.6) is 0 Å². The highest BCUT2D eigenvalue weighted by Crippen LogP contribution is 2.24. The van der Waals surface area contributed by atoms with E-state index in [0.717, 1.165) is 28.6 Å². The Bertz CT molecular complexity index is 668. The Hall–Kier alpha value is -0.810. The monoisotopic (exact) mass is 413 g/mol. The van der Waals surface area contributed by atoms with Crippen molar-refractivity contribution < 1.29 is 4.79 Å². The molecular weight excluding hydrogens is 393 g/mol. The average Bonchev–Trinajstić information content (AvgIpc) is 2.61. The molecule has 1 amide bonds. The van der Waals surface area contributed by atoms with Gasteiger partial charge in [-0.3, -0.25) is 4.79 Å². The predicted octanol–water partition coefficient (Wildman–Crippen LogP) is 5.67.